The monoisotopic (exact) mass is 261 g/mol. The highest BCUT2D eigenvalue weighted by Gasteiger charge is 2.18. The number of carbonyl (C=O) groups excluding carboxylic acids is 2. The van der Waals surface area contributed by atoms with E-state index in [4.69, 9.17) is 0 Å². The van der Waals surface area contributed by atoms with Gasteiger partial charge in [0.1, 0.15) is 5.75 Å². The van der Waals surface area contributed by atoms with E-state index in [9.17, 15) is 9.59 Å². The van der Waals surface area contributed by atoms with Crippen molar-refractivity contribution in [1.82, 2.24) is 4.90 Å². The molecule has 0 aliphatic rings. The molecule has 17 heavy (non-hydrogen) atoms. The summed E-state index contributed by atoms with van der Waals surface area (Å²) < 4.78 is 4.51. The van der Waals surface area contributed by atoms with Gasteiger partial charge < -0.3 is 9.64 Å². The molecule has 5 heteroatoms. The van der Waals surface area contributed by atoms with Crippen molar-refractivity contribution in [2.45, 2.75) is 27.7 Å². The van der Waals surface area contributed by atoms with Crippen LogP contribution in [0.25, 0.3) is 0 Å². The summed E-state index contributed by atoms with van der Waals surface area (Å²) >= 11 is 1.01. The van der Waals surface area contributed by atoms with Gasteiger partial charge in [-0.2, -0.15) is 0 Å². The van der Waals surface area contributed by atoms with Crippen LogP contribution in [0.4, 0.5) is 4.79 Å². The lowest BCUT2D eigenvalue weighted by Crippen LogP contribution is -2.35. The van der Waals surface area contributed by atoms with Gasteiger partial charge in [0.05, 0.1) is 7.11 Å². The Labute approximate surface area is 108 Å². The minimum absolute atomic E-state index is 0.0437. The molecular weight excluding hydrogens is 238 g/mol. The van der Waals surface area contributed by atoms with Crippen molar-refractivity contribution in [3.63, 3.8) is 0 Å². The van der Waals surface area contributed by atoms with E-state index in [0.29, 0.717) is 11.8 Å². The molecule has 0 aromatic carbocycles. The zero-order valence-corrected chi connectivity index (χ0v) is 12.2. The van der Waals surface area contributed by atoms with Crippen molar-refractivity contribution in [3.05, 3.63) is 0 Å². The highest BCUT2D eigenvalue weighted by Crippen LogP contribution is 2.13. The molecule has 0 aromatic rings. The fraction of sp³-hybridized carbons (Fsp3) is 0.833. The summed E-state index contributed by atoms with van der Waals surface area (Å²) in [4.78, 5) is 24.7. The van der Waals surface area contributed by atoms with Gasteiger partial charge in [0.15, 0.2) is 0 Å². The first kappa shape index (κ1) is 16.3. The number of rotatable bonds is 6. The summed E-state index contributed by atoms with van der Waals surface area (Å²) in [5.41, 5.74) is 0. The number of thioether (sulfide) groups is 1. The zero-order chi connectivity index (χ0) is 13.4. The zero-order valence-electron chi connectivity index (χ0n) is 11.4. The molecule has 0 fully saturated rings. The SMILES string of the molecule is COC(=O)CSC(=O)N(CC(C)C)CC(C)C. The number of nitrogens with zero attached hydrogens (tertiary/aromatic N) is 1. The number of amides is 1. The van der Waals surface area contributed by atoms with E-state index >= 15 is 0 Å². The number of methoxy groups -OCH3 is 1. The maximum atomic E-state index is 11.9. The smallest absolute Gasteiger partial charge is 0.316 e. The predicted octanol–water partition coefficient (Wildman–Crippen LogP) is 2.63. The van der Waals surface area contributed by atoms with Crippen molar-refractivity contribution in [2.24, 2.45) is 11.8 Å². The quantitative estimate of drug-likeness (QED) is 0.690. The molecule has 1 amide bonds. The Kier molecular flexibility index (Phi) is 8.04. The average Bonchev–Trinajstić information content (AvgIpc) is 2.23. The molecule has 0 N–H and O–H groups in total. The van der Waals surface area contributed by atoms with E-state index in [2.05, 4.69) is 32.4 Å². The molecule has 0 spiro atoms. The summed E-state index contributed by atoms with van der Waals surface area (Å²) in [7, 11) is 1.33. The highest BCUT2D eigenvalue weighted by atomic mass is 32.2. The molecule has 0 bridgehead atoms. The van der Waals surface area contributed by atoms with Gasteiger partial charge in [-0.15, -0.1) is 0 Å². The summed E-state index contributed by atoms with van der Waals surface area (Å²) in [6.07, 6.45) is 0. The Morgan fingerprint density at radius 1 is 1.12 bits per heavy atom. The number of hydrogen-bond donors (Lipinski definition) is 0. The largest absolute Gasteiger partial charge is 0.468 e. The Morgan fingerprint density at radius 3 is 1.94 bits per heavy atom. The Morgan fingerprint density at radius 2 is 1.59 bits per heavy atom. The van der Waals surface area contributed by atoms with E-state index in [0.717, 1.165) is 24.9 Å². The first-order valence-corrected chi connectivity index (χ1v) is 6.83. The summed E-state index contributed by atoms with van der Waals surface area (Å²) in [6, 6.07) is 0. The second-order valence-electron chi connectivity index (χ2n) is 4.82. The summed E-state index contributed by atoms with van der Waals surface area (Å²) in [6.45, 7) is 9.75. The first-order chi connectivity index (χ1) is 7.86. The van der Waals surface area contributed by atoms with Crippen molar-refractivity contribution in [3.8, 4) is 0 Å². The highest BCUT2D eigenvalue weighted by molar-refractivity contribution is 8.14. The van der Waals surface area contributed by atoms with Gasteiger partial charge in [0.2, 0.25) is 0 Å². The number of hydrogen-bond acceptors (Lipinski definition) is 4. The molecule has 4 nitrogen and oxygen atoms in total. The fourth-order valence-corrected chi connectivity index (χ4v) is 2.07. The lowest BCUT2D eigenvalue weighted by molar-refractivity contribution is -0.137. The lowest BCUT2D eigenvalue weighted by Gasteiger charge is -2.25. The third-order valence-corrected chi connectivity index (χ3v) is 2.86. The molecular formula is C12H23NO3S. The van der Waals surface area contributed by atoms with Crippen molar-refractivity contribution < 1.29 is 14.3 Å². The second kappa shape index (κ2) is 8.39. The van der Waals surface area contributed by atoms with Crippen LogP contribution >= 0.6 is 11.8 Å². The first-order valence-electron chi connectivity index (χ1n) is 5.85. The second-order valence-corrected chi connectivity index (χ2v) is 5.75. The molecule has 0 atom stereocenters. The van der Waals surface area contributed by atoms with E-state index in [1.54, 1.807) is 0 Å². The van der Waals surface area contributed by atoms with Crippen LogP contribution in [0.2, 0.25) is 0 Å². The van der Waals surface area contributed by atoms with Crippen LogP contribution in [0.15, 0.2) is 0 Å². The number of esters is 1. The van der Waals surface area contributed by atoms with Crippen LogP contribution in [-0.2, 0) is 9.53 Å². The third kappa shape index (κ3) is 8.07. The summed E-state index contributed by atoms with van der Waals surface area (Å²) in [5, 5.41) is -0.0437. The normalized spacial score (nSPS) is 10.8. The molecule has 0 aromatic heterocycles. The molecule has 0 rings (SSSR count). The van der Waals surface area contributed by atoms with Crippen LogP contribution in [0, 0.1) is 11.8 Å². The molecule has 0 saturated heterocycles. The van der Waals surface area contributed by atoms with Gasteiger partial charge in [0.25, 0.3) is 5.24 Å². The minimum atomic E-state index is -0.364. The van der Waals surface area contributed by atoms with Gasteiger partial charge in [-0.25, -0.2) is 0 Å². The Bertz CT molecular complexity index is 244. The molecule has 0 radical (unpaired) electrons. The van der Waals surface area contributed by atoms with Crippen LogP contribution in [0.3, 0.4) is 0 Å². The van der Waals surface area contributed by atoms with Crippen molar-refractivity contribution in [2.75, 3.05) is 26.0 Å². The molecule has 0 aliphatic carbocycles. The van der Waals surface area contributed by atoms with Gasteiger partial charge in [0, 0.05) is 13.1 Å². The van der Waals surface area contributed by atoms with Crippen LogP contribution < -0.4 is 0 Å². The molecule has 0 saturated carbocycles. The van der Waals surface area contributed by atoms with E-state index in [1.165, 1.54) is 7.11 Å². The maximum absolute atomic E-state index is 11.9. The third-order valence-electron chi connectivity index (χ3n) is 1.97. The van der Waals surface area contributed by atoms with Crippen LogP contribution in [0.1, 0.15) is 27.7 Å². The van der Waals surface area contributed by atoms with Crippen molar-refractivity contribution in [1.29, 1.82) is 0 Å². The van der Waals surface area contributed by atoms with Crippen molar-refractivity contribution >= 4 is 23.0 Å². The Balaban J connectivity index is 4.26. The average molecular weight is 261 g/mol. The van der Waals surface area contributed by atoms with Gasteiger partial charge in [-0.05, 0) is 11.8 Å². The predicted molar refractivity (Wildman–Crippen MR) is 71.1 cm³/mol. The van der Waals surface area contributed by atoms with E-state index < -0.39 is 0 Å². The lowest BCUT2D eigenvalue weighted by atomic mass is 10.1. The Hall–Kier alpha value is -0.710. The summed E-state index contributed by atoms with van der Waals surface area (Å²) in [5.74, 6) is 0.576. The van der Waals surface area contributed by atoms with E-state index in [1.807, 2.05) is 4.90 Å². The van der Waals surface area contributed by atoms with Gasteiger partial charge in [-0.1, -0.05) is 39.5 Å². The standard InChI is InChI=1S/C12H23NO3S/c1-9(2)6-13(7-10(3)4)12(15)17-8-11(14)16-5/h9-10H,6-8H2,1-5H3. The number of ether oxygens (including phenoxy) is 1. The van der Waals surface area contributed by atoms with Crippen LogP contribution in [-0.4, -0.2) is 42.1 Å². The maximum Gasteiger partial charge on any atom is 0.316 e. The molecule has 0 aliphatic heterocycles. The molecule has 0 unspecified atom stereocenters. The van der Waals surface area contributed by atoms with Gasteiger partial charge >= 0.3 is 5.97 Å². The molecule has 0 heterocycles. The fourth-order valence-electron chi connectivity index (χ4n) is 1.38. The topological polar surface area (TPSA) is 46.6 Å². The minimum Gasteiger partial charge on any atom is -0.468 e. The molecule has 100 valence electrons. The van der Waals surface area contributed by atoms with E-state index in [-0.39, 0.29) is 17.0 Å². The number of carbonyl (C=O) groups is 2. The van der Waals surface area contributed by atoms with Gasteiger partial charge in [-0.3, -0.25) is 9.59 Å². The van der Waals surface area contributed by atoms with Crippen LogP contribution in [0.5, 0.6) is 0 Å².